The van der Waals surface area contributed by atoms with Gasteiger partial charge in [-0.3, -0.25) is 0 Å². The number of hydrogen-bond donors (Lipinski definition) is 1. The largest absolute Gasteiger partial charge is 0.493 e. The summed E-state index contributed by atoms with van der Waals surface area (Å²) in [7, 11) is 3.29. The molecule has 0 aliphatic carbocycles. The van der Waals surface area contributed by atoms with Crippen molar-refractivity contribution in [3.8, 4) is 17.2 Å². The molecule has 1 fully saturated rings. The number of ether oxygens (including phenoxy) is 4. The lowest BCUT2D eigenvalue weighted by molar-refractivity contribution is 0.110. The van der Waals surface area contributed by atoms with Crippen molar-refractivity contribution in [3.63, 3.8) is 0 Å². The summed E-state index contributed by atoms with van der Waals surface area (Å²) >= 11 is 0. The van der Waals surface area contributed by atoms with Crippen molar-refractivity contribution >= 4 is 0 Å². The van der Waals surface area contributed by atoms with E-state index in [9.17, 15) is 0 Å². The van der Waals surface area contributed by atoms with Crippen molar-refractivity contribution in [1.29, 1.82) is 0 Å². The first-order valence-corrected chi connectivity index (χ1v) is 9.04. The Bertz CT molecular complexity index is 659. The SMILES string of the molecule is COc1cc(CNCC2CCCO2)cc(OC)c1OCc1ccccc1. The zero-order valence-electron chi connectivity index (χ0n) is 15.5. The fourth-order valence-corrected chi connectivity index (χ4v) is 3.09. The summed E-state index contributed by atoms with van der Waals surface area (Å²) in [6.45, 7) is 2.92. The molecule has 2 aromatic rings. The molecule has 3 rings (SSSR count). The zero-order valence-corrected chi connectivity index (χ0v) is 15.5. The van der Waals surface area contributed by atoms with Gasteiger partial charge in [0.25, 0.3) is 0 Å². The lowest BCUT2D eigenvalue weighted by Gasteiger charge is -2.17. The molecule has 0 saturated carbocycles. The van der Waals surface area contributed by atoms with Gasteiger partial charge in [-0.05, 0) is 36.1 Å². The fraction of sp³-hybridized carbons (Fsp3) is 0.429. The second-order valence-corrected chi connectivity index (χ2v) is 6.37. The minimum atomic E-state index is 0.326. The van der Waals surface area contributed by atoms with Crippen LogP contribution in [0, 0.1) is 0 Å². The van der Waals surface area contributed by atoms with Gasteiger partial charge in [0.15, 0.2) is 11.5 Å². The van der Waals surface area contributed by atoms with Crippen molar-refractivity contribution in [1.82, 2.24) is 5.32 Å². The van der Waals surface area contributed by atoms with E-state index in [0.29, 0.717) is 30.0 Å². The molecule has 1 aliphatic heterocycles. The van der Waals surface area contributed by atoms with Crippen LogP contribution in [0.5, 0.6) is 17.2 Å². The van der Waals surface area contributed by atoms with Gasteiger partial charge in [0.05, 0.1) is 20.3 Å². The third-order valence-corrected chi connectivity index (χ3v) is 4.47. The molecule has 0 bridgehead atoms. The van der Waals surface area contributed by atoms with Crippen molar-refractivity contribution < 1.29 is 18.9 Å². The normalized spacial score (nSPS) is 16.5. The Hall–Kier alpha value is -2.24. The highest BCUT2D eigenvalue weighted by Gasteiger charge is 2.17. The quantitative estimate of drug-likeness (QED) is 0.744. The lowest BCUT2D eigenvalue weighted by atomic mass is 10.1. The van der Waals surface area contributed by atoms with Crippen LogP contribution >= 0.6 is 0 Å². The Morgan fingerprint density at radius 2 is 1.77 bits per heavy atom. The van der Waals surface area contributed by atoms with Crippen molar-refractivity contribution in [2.24, 2.45) is 0 Å². The van der Waals surface area contributed by atoms with E-state index < -0.39 is 0 Å². The number of nitrogens with one attached hydrogen (secondary N) is 1. The minimum absolute atomic E-state index is 0.326. The Morgan fingerprint density at radius 1 is 1.04 bits per heavy atom. The van der Waals surface area contributed by atoms with E-state index in [1.54, 1.807) is 14.2 Å². The van der Waals surface area contributed by atoms with Crippen LogP contribution < -0.4 is 19.5 Å². The standard InChI is InChI=1S/C21H27NO4/c1-23-19-11-17(13-22-14-18-9-6-10-25-18)12-20(24-2)21(19)26-15-16-7-4-3-5-8-16/h3-5,7-8,11-12,18,22H,6,9-10,13-15H2,1-2H3. The molecule has 0 aromatic heterocycles. The molecule has 1 unspecified atom stereocenters. The van der Waals surface area contributed by atoms with E-state index in [2.05, 4.69) is 5.32 Å². The van der Waals surface area contributed by atoms with Crippen molar-refractivity contribution in [2.45, 2.75) is 32.1 Å². The highest BCUT2D eigenvalue weighted by molar-refractivity contribution is 5.54. The van der Waals surface area contributed by atoms with Gasteiger partial charge in [-0.15, -0.1) is 0 Å². The lowest BCUT2D eigenvalue weighted by Crippen LogP contribution is -2.25. The van der Waals surface area contributed by atoms with E-state index in [1.807, 2.05) is 42.5 Å². The second kappa shape index (κ2) is 9.46. The monoisotopic (exact) mass is 357 g/mol. The number of hydrogen-bond acceptors (Lipinski definition) is 5. The van der Waals surface area contributed by atoms with Crippen LogP contribution in [0.4, 0.5) is 0 Å². The number of rotatable bonds is 9. The molecule has 26 heavy (non-hydrogen) atoms. The first-order valence-electron chi connectivity index (χ1n) is 9.04. The van der Waals surface area contributed by atoms with Gasteiger partial charge in [0.2, 0.25) is 5.75 Å². The summed E-state index contributed by atoms with van der Waals surface area (Å²) in [5, 5.41) is 3.45. The highest BCUT2D eigenvalue weighted by atomic mass is 16.5. The number of methoxy groups -OCH3 is 2. The van der Waals surface area contributed by atoms with Crippen LogP contribution in [-0.2, 0) is 17.9 Å². The summed E-state index contributed by atoms with van der Waals surface area (Å²) in [4.78, 5) is 0. The van der Waals surface area contributed by atoms with Crippen molar-refractivity contribution in [2.75, 3.05) is 27.4 Å². The minimum Gasteiger partial charge on any atom is -0.493 e. The smallest absolute Gasteiger partial charge is 0.203 e. The predicted octanol–water partition coefficient (Wildman–Crippen LogP) is 3.55. The average Bonchev–Trinajstić information content (AvgIpc) is 3.20. The third-order valence-electron chi connectivity index (χ3n) is 4.47. The Kier molecular flexibility index (Phi) is 6.75. The molecule has 0 amide bonds. The summed E-state index contributed by atoms with van der Waals surface area (Å²) in [5.41, 5.74) is 2.18. The molecule has 140 valence electrons. The van der Waals surface area contributed by atoms with E-state index >= 15 is 0 Å². The maximum Gasteiger partial charge on any atom is 0.203 e. The molecule has 5 nitrogen and oxygen atoms in total. The molecular weight excluding hydrogens is 330 g/mol. The fourth-order valence-electron chi connectivity index (χ4n) is 3.09. The van der Waals surface area contributed by atoms with Crippen LogP contribution in [0.15, 0.2) is 42.5 Å². The summed E-state index contributed by atoms with van der Waals surface area (Å²) in [6, 6.07) is 14.0. The third kappa shape index (κ3) is 4.90. The van der Waals surface area contributed by atoms with Gasteiger partial charge < -0.3 is 24.3 Å². The average molecular weight is 357 g/mol. The molecule has 1 aliphatic rings. The second-order valence-electron chi connectivity index (χ2n) is 6.37. The van der Waals surface area contributed by atoms with Gasteiger partial charge in [-0.25, -0.2) is 0 Å². The molecule has 1 atom stereocenters. The Morgan fingerprint density at radius 3 is 2.38 bits per heavy atom. The molecule has 5 heteroatoms. The van der Waals surface area contributed by atoms with E-state index in [4.69, 9.17) is 18.9 Å². The van der Waals surface area contributed by atoms with Gasteiger partial charge in [0.1, 0.15) is 6.61 Å². The van der Waals surface area contributed by atoms with Crippen LogP contribution in [0.3, 0.4) is 0 Å². The summed E-state index contributed by atoms with van der Waals surface area (Å²) < 4.78 is 22.7. The highest BCUT2D eigenvalue weighted by Crippen LogP contribution is 2.39. The van der Waals surface area contributed by atoms with Crippen molar-refractivity contribution in [3.05, 3.63) is 53.6 Å². The van der Waals surface area contributed by atoms with E-state index in [-0.39, 0.29) is 0 Å². The Labute approximate surface area is 155 Å². The maximum atomic E-state index is 5.99. The number of benzene rings is 2. The van der Waals surface area contributed by atoms with Crippen LogP contribution in [0.25, 0.3) is 0 Å². The zero-order chi connectivity index (χ0) is 18.2. The van der Waals surface area contributed by atoms with Crippen LogP contribution in [0.1, 0.15) is 24.0 Å². The van der Waals surface area contributed by atoms with E-state index in [0.717, 1.165) is 43.7 Å². The molecule has 1 N–H and O–H groups in total. The molecule has 0 spiro atoms. The molecule has 0 radical (unpaired) electrons. The molecule has 1 saturated heterocycles. The topological polar surface area (TPSA) is 49.0 Å². The first kappa shape index (κ1) is 18.5. The van der Waals surface area contributed by atoms with Gasteiger partial charge in [-0.1, -0.05) is 30.3 Å². The van der Waals surface area contributed by atoms with Crippen LogP contribution in [-0.4, -0.2) is 33.5 Å². The van der Waals surface area contributed by atoms with Gasteiger partial charge in [0, 0.05) is 19.7 Å². The predicted molar refractivity (Wildman–Crippen MR) is 101 cm³/mol. The van der Waals surface area contributed by atoms with Crippen LogP contribution in [0.2, 0.25) is 0 Å². The maximum absolute atomic E-state index is 5.99. The molecule has 1 heterocycles. The van der Waals surface area contributed by atoms with Gasteiger partial charge >= 0.3 is 0 Å². The molecule has 2 aromatic carbocycles. The van der Waals surface area contributed by atoms with E-state index in [1.165, 1.54) is 0 Å². The van der Waals surface area contributed by atoms with Gasteiger partial charge in [-0.2, -0.15) is 0 Å². The first-order chi connectivity index (χ1) is 12.8. The summed E-state index contributed by atoms with van der Waals surface area (Å²) in [5.74, 6) is 1.98. The Balaban J connectivity index is 1.66. The molecular formula is C21H27NO4. The summed E-state index contributed by atoms with van der Waals surface area (Å²) in [6.07, 6.45) is 2.61.